The monoisotopic (exact) mass is 207 g/mol. The van der Waals surface area contributed by atoms with Crippen molar-refractivity contribution in [3.63, 3.8) is 0 Å². The van der Waals surface area contributed by atoms with Gasteiger partial charge in [0.15, 0.2) is 0 Å². The summed E-state index contributed by atoms with van der Waals surface area (Å²) in [7, 11) is -1.87. The molecule has 3 nitrogen and oxygen atoms in total. The van der Waals surface area contributed by atoms with E-state index in [-0.39, 0.29) is 5.46 Å². The lowest BCUT2D eigenvalue weighted by molar-refractivity contribution is 0.146. The van der Waals surface area contributed by atoms with E-state index in [4.69, 9.17) is 21.6 Å². The van der Waals surface area contributed by atoms with Crippen molar-refractivity contribution in [2.75, 3.05) is 0 Å². The quantitative estimate of drug-likeness (QED) is 0.688. The SMILES string of the molecule is OB(O)c1ccnc(C(F)F)c1Cl. The van der Waals surface area contributed by atoms with Crippen LogP contribution in [0.1, 0.15) is 12.1 Å². The van der Waals surface area contributed by atoms with Crippen LogP contribution in [0.4, 0.5) is 8.78 Å². The van der Waals surface area contributed by atoms with Crippen molar-refractivity contribution in [3.05, 3.63) is 23.0 Å². The molecule has 0 saturated heterocycles. The highest BCUT2D eigenvalue weighted by molar-refractivity contribution is 6.62. The van der Waals surface area contributed by atoms with Gasteiger partial charge in [0.2, 0.25) is 0 Å². The van der Waals surface area contributed by atoms with Crippen LogP contribution in [0.5, 0.6) is 0 Å². The van der Waals surface area contributed by atoms with Crippen LogP contribution in [0.25, 0.3) is 0 Å². The minimum atomic E-state index is -2.83. The number of hydrogen-bond donors (Lipinski definition) is 2. The third kappa shape index (κ3) is 2.15. The fourth-order valence-corrected chi connectivity index (χ4v) is 1.12. The van der Waals surface area contributed by atoms with Crippen molar-refractivity contribution in [1.29, 1.82) is 0 Å². The van der Waals surface area contributed by atoms with E-state index in [0.717, 1.165) is 6.20 Å². The van der Waals surface area contributed by atoms with Gasteiger partial charge in [0, 0.05) is 11.7 Å². The minimum absolute atomic E-state index is 0.174. The summed E-state index contributed by atoms with van der Waals surface area (Å²) in [6, 6.07) is 1.17. The highest BCUT2D eigenvalue weighted by atomic mass is 35.5. The molecule has 0 amide bonds. The van der Waals surface area contributed by atoms with Gasteiger partial charge in [-0.3, -0.25) is 4.98 Å². The van der Waals surface area contributed by atoms with Gasteiger partial charge in [-0.2, -0.15) is 0 Å². The van der Waals surface area contributed by atoms with E-state index < -0.39 is 24.3 Å². The van der Waals surface area contributed by atoms with E-state index >= 15 is 0 Å². The Labute approximate surface area is 78.1 Å². The second-order valence-electron chi connectivity index (χ2n) is 2.27. The maximum absolute atomic E-state index is 12.2. The fraction of sp³-hybridized carbons (Fsp3) is 0.167. The number of rotatable bonds is 2. The second-order valence-corrected chi connectivity index (χ2v) is 2.65. The summed E-state index contributed by atoms with van der Waals surface area (Å²) in [5.74, 6) is 0. The van der Waals surface area contributed by atoms with Gasteiger partial charge in [0.05, 0.1) is 5.02 Å². The van der Waals surface area contributed by atoms with Crippen LogP contribution in [0.15, 0.2) is 12.3 Å². The van der Waals surface area contributed by atoms with Gasteiger partial charge < -0.3 is 10.0 Å². The Morgan fingerprint density at radius 1 is 1.46 bits per heavy atom. The molecule has 0 aliphatic rings. The zero-order valence-electron chi connectivity index (χ0n) is 6.28. The summed E-state index contributed by atoms with van der Waals surface area (Å²) in [4.78, 5) is 3.32. The molecule has 13 heavy (non-hydrogen) atoms. The number of nitrogens with zero attached hydrogens (tertiary/aromatic N) is 1. The molecular formula is C6H5BClF2NO2. The molecule has 0 spiro atoms. The van der Waals surface area contributed by atoms with E-state index in [1.54, 1.807) is 0 Å². The molecule has 1 aromatic rings. The summed E-state index contributed by atoms with van der Waals surface area (Å²) in [6.07, 6.45) is -1.78. The Balaban J connectivity index is 3.18. The summed E-state index contributed by atoms with van der Waals surface area (Å²) in [6.45, 7) is 0. The van der Waals surface area contributed by atoms with Crippen LogP contribution in [-0.4, -0.2) is 22.2 Å². The van der Waals surface area contributed by atoms with Crippen molar-refractivity contribution in [1.82, 2.24) is 4.98 Å². The molecule has 1 rings (SSSR count). The zero-order chi connectivity index (χ0) is 10.0. The molecule has 7 heteroatoms. The predicted molar refractivity (Wildman–Crippen MR) is 44.0 cm³/mol. The summed E-state index contributed by atoms with van der Waals surface area (Å²) in [5.41, 5.74) is -0.820. The molecule has 0 unspecified atom stereocenters. The van der Waals surface area contributed by atoms with Crippen LogP contribution in [-0.2, 0) is 0 Å². The molecule has 2 N–H and O–H groups in total. The van der Waals surface area contributed by atoms with Crippen LogP contribution in [0.3, 0.4) is 0 Å². The number of pyridine rings is 1. The Hall–Kier alpha value is -0.715. The lowest BCUT2D eigenvalue weighted by atomic mass is 9.80. The smallest absolute Gasteiger partial charge is 0.423 e. The van der Waals surface area contributed by atoms with Gasteiger partial charge in [-0.15, -0.1) is 0 Å². The Morgan fingerprint density at radius 3 is 2.54 bits per heavy atom. The van der Waals surface area contributed by atoms with Gasteiger partial charge in [-0.25, -0.2) is 8.78 Å². The average Bonchev–Trinajstić information content (AvgIpc) is 2.03. The predicted octanol–water partition coefficient (Wildman–Crippen LogP) is 0.352. The Morgan fingerprint density at radius 2 is 2.08 bits per heavy atom. The summed E-state index contributed by atoms with van der Waals surface area (Å²) < 4.78 is 24.3. The average molecular weight is 207 g/mol. The van der Waals surface area contributed by atoms with E-state index in [1.807, 2.05) is 0 Å². The lowest BCUT2D eigenvalue weighted by Gasteiger charge is -2.06. The third-order valence-corrected chi connectivity index (χ3v) is 1.84. The first-order valence-electron chi connectivity index (χ1n) is 3.32. The standard InChI is InChI=1S/C6H5BClF2NO2/c8-4-3(7(12)13)1-2-11-5(4)6(9)10/h1-2,6,12-13H. The number of hydrogen-bond acceptors (Lipinski definition) is 3. The van der Waals surface area contributed by atoms with Gasteiger partial charge in [-0.05, 0) is 6.07 Å². The molecule has 0 aliphatic carbocycles. The number of alkyl halides is 2. The molecule has 0 bridgehead atoms. The van der Waals surface area contributed by atoms with E-state index in [0.29, 0.717) is 0 Å². The first-order chi connectivity index (χ1) is 6.04. The molecule has 0 fully saturated rings. The Kier molecular flexibility index (Phi) is 3.19. The normalized spacial score (nSPS) is 10.6. The van der Waals surface area contributed by atoms with E-state index in [1.165, 1.54) is 6.07 Å². The van der Waals surface area contributed by atoms with Crippen molar-refractivity contribution in [2.45, 2.75) is 6.43 Å². The molecule has 0 radical (unpaired) electrons. The maximum atomic E-state index is 12.2. The van der Waals surface area contributed by atoms with Crippen molar-refractivity contribution in [2.24, 2.45) is 0 Å². The zero-order valence-corrected chi connectivity index (χ0v) is 7.04. The van der Waals surface area contributed by atoms with Gasteiger partial charge >= 0.3 is 7.12 Å². The largest absolute Gasteiger partial charge is 0.490 e. The van der Waals surface area contributed by atoms with Crippen molar-refractivity contribution >= 4 is 24.2 Å². The van der Waals surface area contributed by atoms with Crippen molar-refractivity contribution < 1.29 is 18.8 Å². The molecular weight excluding hydrogens is 202 g/mol. The van der Waals surface area contributed by atoms with E-state index in [2.05, 4.69) is 4.98 Å². The van der Waals surface area contributed by atoms with Crippen LogP contribution >= 0.6 is 11.6 Å². The highest BCUT2D eigenvalue weighted by Gasteiger charge is 2.22. The minimum Gasteiger partial charge on any atom is -0.423 e. The number of halogens is 3. The van der Waals surface area contributed by atoms with Crippen molar-refractivity contribution in [3.8, 4) is 0 Å². The summed E-state index contributed by atoms with van der Waals surface area (Å²) in [5, 5.41) is 17.0. The summed E-state index contributed by atoms with van der Waals surface area (Å²) >= 11 is 5.44. The molecule has 0 atom stereocenters. The molecule has 1 heterocycles. The van der Waals surface area contributed by atoms with Crippen LogP contribution in [0, 0.1) is 0 Å². The molecule has 0 aromatic carbocycles. The number of aromatic nitrogens is 1. The first kappa shape index (κ1) is 10.4. The molecule has 0 saturated carbocycles. The Bertz CT molecular complexity index is 284. The maximum Gasteiger partial charge on any atom is 0.490 e. The first-order valence-corrected chi connectivity index (χ1v) is 3.70. The highest BCUT2D eigenvalue weighted by Crippen LogP contribution is 2.22. The third-order valence-electron chi connectivity index (χ3n) is 1.43. The molecule has 1 aromatic heterocycles. The molecule has 70 valence electrons. The second kappa shape index (κ2) is 4.00. The van der Waals surface area contributed by atoms with Gasteiger partial charge in [0.25, 0.3) is 6.43 Å². The topological polar surface area (TPSA) is 53.4 Å². The lowest BCUT2D eigenvalue weighted by Crippen LogP contribution is -2.31. The fourth-order valence-electron chi connectivity index (χ4n) is 0.827. The van der Waals surface area contributed by atoms with Gasteiger partial charge in [-0.1, -0.05) is 11.6 Å². The van der Waals surface area contributed by atoms with Crippen LogP contribution < -0.4 is 5.46 Å². The van der Waals surface area contributed by atoms with Gasteiger partial charge in [0.1, 0.15) is 5.69 Å². The van der Waals surface area contributed by atoms with Crippen LogP contribution in [0.2, 0.25) is 5.02 Å². The van der Waals surface area contributed by atoms with E-state index in [9.17, 15) is 8.78 Å². The molecule has 0 aliphatic heterocycles.